The molecule has 0 amide bonds. The second-order valence-electron chi connectivity index (χ2n) is 2.21. The molecule has 0 heterocycles. The maximum absolute atomic E-state index is 10.8. The van der Waals surface area contributed by atoms with E-state index in [1.165, 1.54) is 6.92 Å². The number of ketones is 1. The lowest BCUT2D eigenvalue weighted by atomic mass is 10.2. The van der Waals surface area contributed by atoms with Crippen molar-refractivity contribution in [3.8, 4) is 0 Å². The Morgan fingerprint density at radius 1 is 1.58 bits per heavy atom. The number of carbonyl (C=O) groups is 1. The van der Waals surface area contributed by atoms with Gasteiger partial charge in [0.1, 0.15) is 6.04 Å². The van der Waals surface area contributed by atoms with Crippen LogP contribution in [0.4, 0.5) is 0 Å². The van der Waals surface area contributed by atoms with Gasteiger partial charge in [-0.2, -0.15) is 5.11 Å². The first-order valence-electron chi connectivity index (χ1n) is 3.37. The molecule has 0 rings (SSSR count). The molecular weight excluding hydrogens is 183 g/mol. The minimum atomic E-state index is -4.46. The van der Waals surface area contributed by atoms with Crippen molar-refractivity contribution in [3.05, 3.63) is 0 Å². The third kappa shape index (κ3) is 5.12. The summed E-state index contributed by atoms with van der Waals surface area (Å²) in [6, 6.07) is -0.775. The molecule has 0 radical (unpaired) electrons. The molecule has 12 heavy (non-hydrogen) atoms. The van der Waals surface area contributed by atoms with Crippen molar-refractivity contribution in [2.24, 2.45) is 10.00 Å². The fraction of sp³-hybridized carbons (Fsp3) is 0.800. The maximum Gasteiger partial charge on any atom is 0.466 e. The number of carbonyl (C=O) groups excluding carboxylic acids is 1. The van der Waals surface area contributed by atoms with E-state index in [4.69, 9.17) is 9.79 Å². The molecule has 0 saturated heterocycles. The molecule has 70 valence electrons. The SMILES string of the molecule is CCC(=O)C(C)N=NP(=O)(O)O. The Balaban J connectivity index is 4.18. The number of rotatable bonds is 4. The van der Waals surface area contributed by atoms with Gasteiger partial charge in [0.15, 0.2) is 5.78 Å². The molecule has 1 atom stereocenters. The average molecular weight is 194 g/mol. The Labute approximate surface area is 69.9 Å². The smallest absolute Gasteiger partial charge is 0.306 e. The van der Waals surface area contributed by atoms with E-state index in [-0.39, 0.29) is 12.2 Å². The summed E-state index contributed by atoms with van der Waals surface area (Å²) in [4.78, 5) is 30.0. The van der Waals surface area contributed by atoms with Gasteiger partial charge in [-0.15, -0.1) is 0 Å². The van der Waals surface area contributed by atoms with Gasteiger partial charge in [-0.1, -0.05) is 11.8 Å². The monoisotopic (exact) mass is 194 g/mol. The Kier molecular flexibility index (Phi) is 4.23. The lowest BCUT2D eigenvalue weighted by Gasteiger charge is -2.00. The minimum Gasteiger partial charge on any atom is -0.306 e. The lowest BCUT2D eigenvalue weighted by molar-refractivity contribution is -0.119. The van der Waals surface area contributed by atoms with Crippen LogP contribution in [-0.4, -0.2) is 21.6 Å². The summed E-state index contributed by atoms with van der Waals surface area (Å²) in [5.41, 5.74) is 0. The van der Waals surface area contributed by atoms with E-state index < -0.39 is 13.8 Å². The van der Waals surface area contributed by atoms with Crippen LogP contribution in [0.15, 0.2) is 10.00 Å². The van der Waals surface area contributed by atoms with Crippen LogP contribution in [0.25, 0.3) is 0 Å². The fourth-order valence-corrected chi connectivity index (χ4v) is 0.794. The van der Waals surface area contributed by atoms with Crippen molar-refractivity contribution in [3.63, 3.8) is 0 Å². The van der Waals surface area contributed by atoms with E-state index in [1.807, 2.05) is 0 Å². The predicted molar refractivity (Wildman–Crippen MR) is 41.7 cm³/mol. The van der Waals surface area contributed by atoms with Crippen molar-refractivity contribution in [2.45, 2.75) is 26.3 Å². The zero-order valence-corrected chi connectivity index (χ0v) is 7.73. The van der Waals surface area contributed by atoms with Gasteiger partial charge in [-0.25, -0.2) is 4.57 Å². The molecule has 0 fully saturated rings. The molecule has 0 aliphatic heterocycles. The highest BCUT2D eigenvalue weighted by atomic mass is 31.2. The van der Waals surface area contributed by atoms with Crippen molar-refractivity contribution in [1.29, 1.82) is 0 Å². The van der Waals surface area contributed by atoms with Crippen LogP contribution in [0.3, 0.4) is 0 Å². The lowest BCUT2D eigenvalue weighted by Crippen LogP contribution is -2.11. The molecular formula is C5H11N2O4P. The van der Waals surface area contributed by atoms with Crippen LogP contribution in [-0.2, 0) is 9.36 Å². The molecule has 0 bridgehead atoms. The molecule has 0 aromatic rings. The topological polar surface area (TPSA) is 99.3 Å². The Bertz CT molecular complexity index is 234. The molecule has 0 aliphatic rings. The van der Waals surface area contributed by atoms with Crippen LogP contribution >= 0.6 is 7.75 Å². The summed E-state index contributed by atoms with van der Waals surface area (Å²) >= 11 is 0. The van der Waals surface area contributed by atoms with E-state index in [2.05, 4.69) is 10.00 Å². The molecule has 1 unspecified atom stereocenters. The van der Waals surface area contributed by atoms with Gasteiger partial charge in [0.05, 0.1) is 0 Å². The summed E-state index contributed by atoms with van der Waals surface area (Å²) in [5, 5.41) is 3.18. The Morgan fingerprint density at radius 3 is 2.42 bits per heavy atom. The summed E-state index contributed by atoms with van der Waals surface area (Å²) < 4.78 is 10.2. The van der Waals surface area contributed by atoms with E-state index >= 15 is 0 Å². The molecule has 0 aromatic carbocycles. The number of nitrogens with zero attached hydrogens (tertiary/aromatic N) is 2. The summed E-state index contributed by atoms with van der Waals surface area (Å²) in [6.45, 7) is 3.08. The van der Waals surface area contributed by atoms with Crippen LogP contribution in [0.5, 0.6) is 0 Å². The molecule has 0 saturated carbocycles. The maximum atomic E-state index is 10.8. The van der Waals surface area contributed by atoms with Crippen LogP contribution in [0.2, 0.25) is 0 Å². The molecule has 0 spiro atoms. The minimum absolute atomic E-state index is 0.202. The highest BCUT2D eigenvalue weighted by Crippen LogP contribution is 2.36. The van der Waals surface area contributed by atoms with Gasteiger partial charge < -0.3 is 9.79 Å². The van der Waals surface area contributed by atoms with E-state index in [0.717, 1.165) is 0 Å². The van der Waals surface area contributed by atoms with Crippen molar-refractivity contribution < 1.29 is 19.1 Å². The third-order valence-corrected chi connectivity index (χ3v) is 1.49. The fourth-order valence-electron chi connectivity index (χ4n) is 0.505. The van der Waals surface area contributed by atoms with E-state index in [9.17, 15) is 9.36 Å². The highest BCUT2D eigenvalue weighted by molar-refractivity contribution is 7.50. The Morgan fingerprint density at radius 2 is 2.08 bits per heavy atom. The molecule has 0 aromatic heterocycles. The Hall–Kier alpha value is -0.580. The van der Waals surface area contributed by atoms with Crippen LogP contribution in [0, 0.1) is 0 Å². The molecule has 0 aliphatic carbocycles. The van der Waals surface area contributed by atoms with Crippen molar-refractivity contribution in [2.75, 3.05) is 0 Å². The number of Topliss-reactive ketones (excluding diaryl/α,β-unsaturated/α-hetero) is 1. The summed E-state index contributed by atoms with van der Waals surface area (Å²) in [7, 11) is -4.46. The first-order valence-corrected chi connectivity index (χ1v) is 4.94. The second kappa shape index (κ2) is 4.45. The standard InChI is InChI=1S/C5H11N2O4P/c1-3-5(8)4(2)6-7-12(9,10)11/h4H,3H2,1-2H3,(H2,9,10,11). The van der Waals surface area contributed by atoms with Gasteiger partial charge in [-0.05, 0) is 6.92 Å². The summed E-state index contributed by atoms with van der Waals surface area (Å²) in [5.74, 6) is -0.202. The van der Waals surface area contributed by atoms with Gasteiger partial charge in [-0.3, -0.25) is 4.79 Å². The van der Waals surface area contributed by atoms with Crippen molar-refractivity contribution in [1.82, 2.24) is 0 Å². The van der Waals surface area contributed by atoms with Crippen LogP contribution in [0.1, 0.15) is 20.3 Å². The molecule has 7 heteroatoms. The highest BCUT2D eigenvalue weighted by Gasteiger charge is 2.13. The normalized spacial score (nSPS) is 15.0. The predicted octanol–water partition coefficient (Wildman–Crippen LogP) is 0.899. The summed E-state index contributed by atoms with van der Waals surface area (Å²) in [6.07, 6.45) is 0.279. The quantitative estimate of drug-likeness (QED) is 0.512. The zero-order valence-electron chi connectivity index (χ0n) is 6.84. The largest absolute Gasteiger partial charge is 0.466 e. The van der Waals surface area contributed by atoms with Gasteiger partial charge in [0.25, 0.3) is 0 Å². The zero-order chi connectivity index (χ0) is 9.78. The first-order chi connectivity index (χ1) is 5.37. The second-order valence-corrected chi connectivity index (χ2v) is 3.42. The van der Waals surface area contributed by atoms with Crippen molar-refractivity contribution >= 4 is 13.5 Å². The third-order valence-electron chi connectivity index (χ3n) is 1.16. The first kappa shape index (κ1) is 11.4. The van der Waals surface area contributed by atoms with Gasteiger partial charge in [0, 0.05) is 6.42 Å². The number of hydrogen-bond donors (Lipinski definition) is 2. The number of hydrogen-bond acceptors (Lipinski definition) is 3. The van der Waals surface area contributed by atoms with Crippen LogP contribution < -0.4 is 0 Å². The molecule has 6 nitrogen and oxygen atoms in total. The molecule has 2 N–H and O–H groups in total. The van der Waals surface area contributed by atoms with Gasteiger partial charge in [0.2, 0.25) is 0 Å². The van der Waals surface area contributed by atoms with E-state index in [1.54, 1.807) is 6.92 Å². The average Bonchev–Trinajstić information content (AvgIpc) is 1.97. The van der Waals surface area contributed by atoms with Gasteiger partial charge >= 0.3 is 7.75 Å². The van der Waals surface area contributed by atoms with E-state index in [0.29, 0.717) is 0 Å².